The van der Waals surface area contributed by atoms with Crippen LogP contribution in [0.5, 0.6) is 11.5 Å². The van der Waals surface area contributed by atoms with Crippen LogP contribution in [-0.4, -0.2) is 18.1 Å². The van der Waals surface area contributed by atoms with E-state index in [9.17, 15) is 9.90 Å². The number of rotatable bonds is 3. The largest absolute Gasteiger partial charge is 0.506 e. The van der Waals surface area contributed by atoms with Crippen molar-refractivity contribution >= 4 is 55.1 Å². The molecule has 2 aromatic carbocycles. The van der Waals surface area contributed by atoms with Crippen LogP contribution in [0.1, 0.15) is 10.4 Å². The minimum Gasteiger partial charge on any atom is -0.506 e. The summed E-state index contributed by atoms with van der Waals surface area (Å²) in [5.74, 6) is 0.180. The third-order valence-electron chi connectivity index (χ3n) is 2.70. The van der Waals surface area contributed by atoms with E-state index in [0.717, 1.165) is 4.47 Å². The molecule has 0 radical (unpaired) electrons. The molecule has 1 amide bonds. The fourth-order valence-electron chi connectivity index (χ4n) is 1.62. The molecule has 0 heterocycles. The van der Waals surface area contributed by atoms with Crippen molar-refractivity contribution in [3.63, 3.8) is 0 Å². The van der Waals surface area contributed by atoms with Crippen molar-refractivity contribution in [2.24, 2.45) is 0 Å². The Labute approximate surface area is 143 Å². The number of anilines is 1. The molecule has 4 nitrogen and oxygen atoms in total. The Morgan fingerprint density at radius 2 is 1.95 bits per heavy atom. The average Bonchev–Trinajstić information content (AvgIpc) is 2.44. The van der Waals surface area contributed by atoms with Crippen LogP contribution >= 0.6 is 43.5 Å². The van der Waals surface area contributed by atoms with Gasteiger partial charge < -0.3 is 15.2 Å². The van der Waals surface area contributed by atoms with Gasteiger partial charge in [0.1, 0.15) is 11.5 Å². The first-order chi connectivity index (χ1) is 9.92. The number of phenolic OH excluding ortho intramolecular Hbond substituents is 1. The van der Waals surface area contributed by atoms with Gasteiger partial charge in [-0.05, 0) is 56.1 Å². The first-order valence-electron chi connectivity index (χ1n) is 5.75. The lowest BCUT2D eigenvalue weighted by Crippen LogP contribution is -2.12. The summed E-state index contributed by atoms with van der Waals surface area (Å²) in [7, 11) is 1.54. The molecular formula is C14H10Br2ClNO3. The second-order valence-corrected chi connectivity index (χ2v) is 6.20. The summed E-state index contributed by atoms with van der Waals surface area (Å²) in [4.78, 5) is 12.2. The molecule has 0 saturated carbocycles. The van der Waals surface area contributed by atoms with Crippen LogP contribution in [0.4, 0.5) is 5.69 Å². The monoisotopic (exact) mass is 433 g/mol. The first-order valence-corrected chi connectivity index (χ1v) is 7.71. The van der Waals surface area contributed by atoms with Crippen LogP contribution in [0.2, 0.25) is 5.02 Å². The molecule has 0 aliphatic carbocycles. The lowest BCUT2D eigenvalue weighted by atomic mass is 10.2. The van der Waals surface area contributed by atoms with Gasteiger partial charge in [-0.15, -0.1) is 0 Å². The van der Waals surface area contributed by atoms with E-state index in [-0.39, 0.29) is 16.7 Å². The third kappa shape index (κ3) is 3.70. The van der Waals surface area contributed by atoms with E-state index >= 15 is 0 Å². The van der Waals surface area contributed by atoms with Crippen molar-refractivity contribution < 1.29 is 14.6 Å². The van der Waals surface area contributed by atoms with Crippen molar-refractivity contribution in [3.8, 4) is 11.5 Å². The van der Waals surface area contributed by atoms with E-state index in [1.165, 1.54) is 18.2 Å². The number of carbonyl (C=O) groups is 1. The topological polar surface area (TPSA) is 58.6 Å². The van der Waals surface area contributed by atoms with Crippen molar-refractivity contribution in [2.45, 2.75) is 0 Å². The number of nitrogens with one attached hydrogen (secondary N) is 1. The van der Waals surface area contributed by atoms with Crippen molar-refractivity contribution in [1.29, 1.82) is 0 Å². The van der Waals surface area contributed by atoms with Gasteiger partial charge >= 0.3 is 0 Å². The highest BCUT2D eigenvalue weighted by atomic mass is 79.9. The summed E-state index contributed by atoms with van der Waals surface area (Å²) in [6.07, 6.45) is 0. The molecule has 0 atom stereocenters. The number of phenols is 1. The van der Waals surface area contributed by atoms with Crippen molar-refractivity contribution in [1.82, 2.24) is 0 Å². The summed E-state index contributed by atoms with van der Waals surface area (Å²) in [5, 5.41) is 12.2. The van der Waals surface area contributed by atoms with Gasteiger partial charge in [-0.2, -0.15) is 0 Å². The highest BCUT2D eigenvalue weighted by molar-refractivity contribution is 9.11. The second kappa shape index (κ2) is 6.68. The Bertz CT molecular complexity index is 707. The van der Waals surface area contributed by atoms with Crippen molar-refractivity contribution in [2.75, 3.05) is 12.4 Å². The Kier molecular flexibility index (Phi) is 5.13. The summed E-state index contributed by atoms with van der Waals surface area (Å²) in [6, 6.07) is 7.72. The quantitative estimate of drug-likeness (QED) is 0.726. The molecule has 0 fully saturated rings. The number of benzene rings is 2. The van der Waals surface area contributed by atoms with Crippen LogP contribution in [-0.2, 0) is 0 Å². The number of aromatic hydroxyl groups is 1. The van der Waals surface area contributed by atoms with Crippen LogP contribution in [0.15, 0.2) is 39.3 Å². The molecule has 0 unspecified atom stereocenters. The maximum atomic E-state index is 12.2. The molecule has 0 bridgehead atoms. The predicted octanol–water partition coefficient (Wildman–Crippen LogP) is 4.83. The molecule has 0 aromatic heterocycles. The Morgan fingerprint density at radius 3 is 2.57 bits per heavy atom. The van der Waals surface area contributed by atoms with E-state index in [1.54, 1.807) is 19.2 Å². The summed E-state index contributed by atoms with van der Waals surface area (Å²) < 4.78 is 6.66. The first kappa shape index (κ1) is 16.1. The van der Waals surface area contributed by atoms with E-state index in [1.807, 2.05) is 0 Å². The zero-order valence-electron chi connectivity index (χ0n) is 10.8. The van der Waals surface area contributed by atoms with Gasteiger partial charge in [-0.3, -0.25) is 4.79 Å². The van der Waals surface area contributed by atoms with Crippen LogP contribution in [0.3, 0.4) is 0 Å². The minimum absolute atomic E-state index is 0.0697. The number of amides is 1. The molecule has 0 spiro atoms. The highest BCUT2D eigenvalue weighted by Gasteiger charge is 2.13. The number of halogens is 3. The number of hydrogen-bond donors (Lipinski definition) is 2. The zero-order valence-corrected chi connectivity index (χ0v) is 14.7. The lowest BCUT2D eigenvalue weighted by molar-refractivity contribution is 0.102. The van der Waals surface area contributed by atoms with E-state index < -0.39 is 0 Å². The molecule has 0 aliphatic heterocycles. The number of carbonyl (C=O) groups excluding carboxylic acids is 1. The Morgan fingerprint density at radius 1 is 1.24 bits per heavy atom. The van der Waals surface area contributed by atoms with Crippen LogP contribution in [0.25, 0.3) is 0 Å². The number of methoxy groups -OCH3 is 1. The SMILES string of the molecule is COc1cc(NC(=O)c2ccc(O)c(Cl)c2)c(Br)cc1Br. The fourth-order valence-corrected chi connectivity index (χ4v) is 3.06. The maximum Gasteiger partial charge on any atom is 0.255 e. The van der Waals surface area contributed by atoms with E-state index in [2.05, 4.69) is 37.2 Å². The normalized spacial score (nSPS) is 10.3. The molecule has 7 heteroatoms. The van der Waals surface area contributed by atoms with Gasteiger partial charge in [0, 0.05) is 16.1 Å². The van der Waals surface area contributed by atoms with Gasteiger partial charge in [0.25, 0.3) is 5.91 Å². The van der Waals surface area contributed by atoms with Gasteiger partial charge in [0.15, 0.2) is 0 Å². The molecule has 0 saturated heterocycles. The van der Waals surface area contributed by atoms with E-state index in [4.69, 9.17) is 16.3 Å². The lowest BCUT2D eigenvalue weighted by Gasteiger charge is -2.11. The standard InChI is InChI=1S/C14H10Br2ClNO3/c1-21-13-6-11(8(15)5-9(13)16)18-14(20)7-2-3-12(19)10(17)4-7/h2-6,19H,1H3,(H,18,20). The molecule has 2 aromatic rings. The molecule has 2 N–H and O–H groups in total. The van der Waals surface area contributed by atoms with Gasteiger partial charge in [0.2, 0.25) is 0 Å². The van der Waals surface area contributed by atoms with Gasteiger partial charge in [0.05, 0.1) is 22.3 Å². The summed E-state index contributed by atoms with van der Waals surface area (Å²) in [6.45, 7) is 0. The van der Waals surface area contributed by atoms with E-state index in [0.29, 0.717) is 21.5 Å². The van der Waals surface area contributed by atoms with Crippen LogP contribution in [0, 0.1) is 0 Å². The zero-order chi connectivity index (χ0) is 15.6. The molecule has 2 rings (SSSR count). The summed E-state index contributed by atoms with van der Waals surface area (Å²) in [5.41, 5.74) is 0.899. The van der Waals surface area contributed by atoms with Crippen molar-refractivity contribution in [3.05, 3.63) is 49.9 Å². The molecular weight excluding hydrogens is 425 g/mol. The number of hydrogen-bond acceptors (Lipinski definition) is 3. The Hall–Kier alpha value is -1.24. The second-order valence-electron chi connectivity index (χ2n) is 4.09. The fraction of sp³-hybridized carbons (Fsp3) is 0.0714. The van der Waals surface area contributed by atoms with Gasteiger partial charge in [-0.1, -0.05) is 11.6 Å². The molecule has 0 aliphatic rings. The highest BCUT2D eigenvalue weighted by Crippen LogP contribution is 2.35. The minimum atomic E-state index is -0.345. The third-order valence-corrected chi connectivity index (χ3v) is 4.28. The smallest absolute Gasteiger partial charge is 0.255 e. The van der Waals surface area contributed by atoms with Gasteiger partial charge in [-0.25, -0.2) is 0 Å². The van der Waals surface area contributed by atoms with Crippen LogP contribution < -0.4 is 10.1 Å². The Balaban J connectivity index is 2.29. The number of ether oxygens (including phenoxy) is 1. The molecule has 110 valence electrons. The average molecular weight is 435 g/mol. The summed E-state index contributed by atoms with van der Waals surface area (Å²) >= 11 is 12.5. The predicted molar refractivity (Wildman–Crippen MR) is 89.5 cm³/mol. The molecule has 21 heavy (non-hydrogen) atoms. The maximum absolute atomic E-state index is 12.2.